The molecule has 122 valence electrons. The maximum atomic E-state index is 12.1. The fraction of sp³-hybridized carbons (Fsp3) is 0.562. The highest BCUT2D eigenvalue weighted by Gasteiger charge is 2.20. The van der Waals surface area contributed by atoms with Crippen molar-refractivity contribution >= 4 is 34.8 Å². The number of benzene rings is 1. The van der Waals surface area contributed by atoms with Gasteiger partial charge in [-0.1, -0.05) is 30.1 Å². The highest BCUT2D eigenvalue weighted by Crippen LogP contribution is 2.25. The molecule has 4 nitrogen and oxygen atoms in total. The first-order valence-corrected chi connectivity index (χ1v) is 8.52. The van der Waals surface area contributed by atoms with Crippen molar-refractivity contribution in [2.45, 2.75) is 19.8 Å². The van der Waals surface area contributed by atoms with Gasteiger partial charge in [-0.15, -0.1) is 0 Å². The van der Waals surface area contributed by atoms with E-state index in [1.165, 1.54) is 0 Å². The fourth-order valence-electron chi connectivity index (χ4n) is 2.67. The maximum absolute atomic E-state index is 12.1. The molecule has 2 rings (SSSR count). The number of amides is 1. The minimum Gasteiger partial charge on any atom is -0.325 e. The second-order valence-corrected chi connectivity index (χ2v) is 6.52. The Bertz CT molecular complexity index is 502. The normalized spacial score (nSPS) is 16.7. The second kappa shape index (κ2) is 8.73. The molecule has 1 heterocycles. The summed E-state index contributed by atoms with van der Waals surface area (Å²) in [5.74, 6) is 0.720. The van der Waals surface area contributed by atoms with E-state index in [1.54, 1.807) is 18.2 Å². The molecule has 1 fully saturated rings. The number of nitrogens with one attached hydrogen (secondary N) is 2. The summed E-state index contributed by atoms with van der Waals surface area (Å²) in [5.41, 5.74) is 0.682. The van der Waals surface area contributed by atoms with Crippen molar-refractivity contribution in [2.24, 2.45) is 5.92 Å². The predicted molar refractivity (Wildman–Crippen MR) is 92.8 cm³/mol. The maximum Gasteiger partial charge on any atom is 0.238 e. The van der Waals surface area contributed by atoms with E-state index in [1.807, 2.05) is 0 Å². The van der Waals surface area contributed by atoms with E-state index in [-0.39, 0.29) is 5.91 Å². The molecule has 1 aliphatic heterocycles. The van der Waals surface area contributed by atoms with Gasteiger partial charge in [-0.05, 0) is 63.1 Å². The van der Waals surface area contributed by atoms with E-state index in [0.29, 0.717) is 22.3 Å². The van der Waals surface area contributed by atoms with Gasteiger partial charge in [0, 0.05) is 5.69 Å². The largest absolute Gasteiger partial charge is 0.325 e. The van der Waals surface area contributed by atoms with Crippen LogP contribution in [0.3, 0.4) is 0 Å². The Morgan fingerprint density at radius 1 is 1.27 bits per heavy atom. The Kier molecular flexibility index (Phi) is 6.96. The average molecular weight is 344 g/mol. The van der Waals surface area contributed by atoms with Gasteiger partial charge in [-0.25, -0.2) is 0 Å². The molecule has 1 aliphatic rings. The van der Waals surface area contributed by atoms with Gasteiger partial charge in [0.15, 0.2) is 0 Å². The van der Waals surface area contributed by atoms with Crippen molar-refractivity contribution in [1.82, 2.24) is 10.2 Å². The lowest BCUT2D eigenvalue weighted by Gasteiger charge is -2.31. The van der Waals surface area contributed by atoms with Crippen molar-refractivity contribution < 1.29 is 4.79 Å². The number of halogens is 2. The number of likely N-dealkylation sites (tertiary alicyclic amines) is 1. The van der Waals surface area contributed by atoms with E-state index in [4.69, 9.17) is 23.2 Å². The molecular weight excluding hydrogens is 321 g/mol. The molecule has 1 aromatic carbocycles. The van der Waals surface area contributed by atoms with Crippen LogP contribution in [0.2, 0.25) is 10.0 Å². The minimum atomic E-state index is -0.0106. The van der Waals surface area contributed by atoms with Gasteiger partial charge in [0.2, 0.25) is 5.91 Å². The Morgan fingerprint density at radius 3 is 2.64 bits per heavy atom. The molecule has 22 heavy (non-hydrogen) atoms. The van der Waals surface area contributed by atoms with Crippen LogP contribution in [-0.4, -0.2) is 43.5 Å². The van der Waals surface area contributed by atoms with Crippen LogP contribution in [0.5, 0.6) is 0 Å². The average Bonchev–Trinajstić information content (AvgIpc) is 2.50. The first-order chi connectivity index (χ1) is 10.6. The van der Waals surface area contributed by atoms with Crippen LogP contribution in [0.1, 0.15) is 19.8 Å². The summed E-state index contributed by atoms with van der Waals surface area (Å²) in [6.07, 6.45) is 2.29. The van der Waals surface area contributed by atoms with Gasteiger partial charge in [-0.3, -0.25) is 9.69 Å². The number of rotatable bonds is 6. The van der Waals surface area contributed by atoms with Gasteiger partial charge in [0.05, 0.1) is 16.6 Å². The molecule has 0 aliphatic carbocycles. The molecule has 1 aromatic rings. The van der Waals surface area contributed by atoms with Crippen LogP contribution in [0.15, 0.2) is 18.2 Å². The predicted octanol–water partition coefficient (Wildman–Crippen LogP) is 3.25. The van der Waals surface area contributed by atoms with E-state index in [2.05, 4.69) is 22.5 Å². The number of piperidine rings is 1. The summed E-state index contributed by atoms with van der Waals surface area (Å²) in [4.78, 5) is 14.3. The molecular formula is C16H23Cl2N3O. The SMILES string of the molecule is CCNCC1CCN(CC(=O)Nc2ccc(Cl)c(Cl)c2)CC1. The van der Waals surface area contributed by atoms with Gasteiger partial charge in [0.1, 0.15) is 0 Å². The molecule has 0 bridgehead atoms. The van der Waals surface area contributed by atoms with E-state index in [9.17, 15) is 4.79 Å². The third-order valence-corrected chi connectivity index (χ3v) is 4.70. The minimum absolute atomic E-state index is 0.0106. The molecule has 0 radical (unpaired) electrons. The van der Waals surface area contributed by atoms with Crippen molar-refractivity contribution in [2.75, 3.05) is 38.0 Å². The smallest absolute Gasteiger partial charge is 0.238 e. The summed E-state index contributed by atoms with van der Waals surface area (Å²) in [6, 6.07) is 5.12. The lowest BCUT2D eigenvalue weighted by molar-refractivity contribution is -0.117. The van der Waals surface area contributed by atoms with Crippen LogP contribution >= 0.6 is 23.2 Å². The summed E-state index contributed by atoms with van der Waals surface area (Å²) in [6.45, 7) is 6.61. The number of hydrogen-bond donors (Lipinski definition) is 2. The fourth-order valence-corrected chi connectivity index (χ4v) is 2.97. The Balaban J connectivity index is 1.75. The van der Waals surface area contributed by atoms with Crippen LogP contribution in [0.4, 0.5) is 5.69 Å². The molecule has 0 saturated carbocycles. The monoisotopic (exact) mass is 343 g/mol. The number of hydrogen-bond acceptors (Lipinski definition) is 3. The highest BCUT2D eigenvalue weighted by molar-refractivity contribution is 6.42. The van der Waals surface area contributed by atoms with Crippen molar-refractivity contribution in [3.63, 3.8) is 0 Å². The topological polar surface area (TPSA) is 44.4 Å². The summed E-state index contributed by atoms with van der Waals surface area (Å²) in [7, 11) is 0. The molecule has 1 amide bonds. The van der Waals surface area contributed by atoms with Crippen LogP contribution < -0.4 is 10.6 Å². The molecule has 6 heteroatoms. The van der Waals surface area contributed by atoms with Crippen LogP contribution in [-0.2, 0) is 4.79 Å². The summed E-state index contributed by atoms with van der Waals surface area (Å²) < 4.78 is 0. The molecule has 2 N–H and O–H groups in total. The lowest BCUT2D eigenvalue weighted by Crippen LogP contribution is -2.41. The highest BCUT2D eigenvalue weighted by atomic mass is 35.5. The van der Waals surface area contributed by atoms with E-state index >= 15 is 0 Å². The van der Waals surface area contributed by atoms with Crippen LogP contribution in [0, 0.1) is 5.92 Å². The van der Waals surface area contributed by atoms with Gasteiger partial charge in [-0.2, -0.15) is 0 Å². The Morgan fingerprint density at radius 2 is 2.00 bits per heavy atom. The van der Waals surface area contributed by atoms with Gasteiger partial charge >= 0.3 is 0 Å². The molecule has 0 aromatic heterocycles. The quantitative estimate of drug-likeness (QED) is 0.833. The second-order valence-electron chi connectivity index (χ2n) is 5.70. The third-order valence-electron chi connectivity index (χ3n) is 3.96. The van der Waals surface area contributed by atoms with Crippen molar-refractivity contribution in [3.8, 4) is 0 Å². The molecule has 0 atom stereocenters. The zero-order valence-electron chi connectivity index (χ0n) is 12.9. The number of carbonyl (C=O) groups is 1. The third kappa shape index (κ3) is 5.43. The van der Waals surface area contributed by atoms with Gasteiger partial charge in [0.25, 0.3) is 0 Å². The van der Waals surface area contributed by atoms with Crippen molar-refractivity contribution in [3.05, 3.63) is 28.2 Å². The molecule has 0 spiro atoms. The number of carbonyl (C=O) groups excluding carboxylic acids is 1. The summed E-state index contributed by atoms with van der Waals surface area (Å²) in [5, 5.41) is 7.20. The number of nitrogens with zero attached hydrogens (tertiary/aromatic N) is 1. The lowest BCUT2D eigenvalue weighted by atomic mass is 9.97. The first-order valence-electron chi connectivity index (χ1n) is 7.76. The Labute approximate surface area is 142 Å². The van der Waals surface area contributed by atoms with Crippen LogP contribution in [0.25, 0.3) is 0 Å². The Hall–Kier alpha value is -0.810. The first kappa shape index (κ1) is 17.5. The van der Waals surface area contributed by atoms with E-state index < -0.39 is 0 Å². The van der Waals surface area contributed by atoms with E-state index in [0.717, 1.165) is 44.9 Å². The number of anilines is 1. The standard InChI is InChI=1S/C16H23Cl2N3O/c1-2-19-10-12-5-7-21(8-6-12)11-16(22)20-13-3-4-14(17)15(18)9-13/h3-4,9,12,19H,2,5-8,10-11H2,1H3,(H,20,22). The molecule has 0 unspecified atom stereocenters. The summed E-state index contributed by atoms with van der Waals surface area (Å²) >= 11 is 11.8. The zero-order chi connectivity index (χ0) is 15.9. The van der Waals surface area contributed by atoms with Gasteiger partial charge < -0.3 is 10.6 Å². The molecule has 1 saturated heterocycles. The zero-order valence-corrected chi connectivity index (χ0v) is 14.4. The van der Waals surface area contributed by atoms with Crippen molar-refractivity contribution in [1.29, 1.82) is 0 Å².